The lowest BCUT2D eigenvalue weighted by Crippen LogP contribution is -2.31. The van der Waals surface area contributed by atoms with Crippen LogP contribution in [0.25, 0.3) is 0 Å². The Morgan fingerprint density at radius 3 is 3.00 bits per heavy atom. The largest absolute Gasteiger partial charge is 0.448 e. The Hall–Kier alpha value is -0.770. The van der Waals surface area contributed by atoms with E-state index in [9.17, 15) is 4.79 Å². The van der Waals surface area contributed by atoms with Gasteiger partial charge in [-0.1, -0.05) is 0 Å². The third-order valence-electron chi connectivity index (χ3n) is 2.09. The zero-order valence-electron chi connectivity index (χ0n) is 6.75. The molecule has 1 saturated heterocycles. The number of likely N-dealkylation sites (N-methyl/N-ethyl adjacent to an activating group) is 1. The van der Waals surface area contributed by atoms with E-state index in [2.05, 4.69) is 4.90 Å². The lowest BCUT2D eigenvalue weighted by molar-refractivity contribution is 0.123. The number of carbonyl (C=O) groups excluding carboxylic acids is 1. The van der Waals surface area contributed by atoms with Gasteiger partial charge in [0.05, 0.1) is 0 Å². The van der Waals surface area contributed by atoms with Gasteiger partial charge in [0.25, 0.3) is 0 Å². The number of carbonyl (C=O) groups is 1. The number of nitrogens with two attached hydrogens (primary N) is 1. The first-order valence-electron chi connectivity index (χ1n) is 3.82. The van der Waals surface area contributed by atoms with Crippen LogP contribution in [0.15, 0.2) is 0 Å². The molecule has 4 heteroatoms. The van der Waals surface area contributed by atoms with Crippen molar-refractivity contribution in [3.63, 3.8) is 0 Å². The number of primary amides is 1. The molecule has 4 nitrogen and oxygen atoms in total. The number of nitrogens with zero attached hydrogens (tertiary/aromatic N) is 1. The van der Waals surface area contributed by atoms with Crippen LogP contribution in [0.5, 0.6) is 0 Å². The van der Waals surface area contributed by atoms with Crippen LogP contribution in [0.2, 0.25) is 0 Å². The van der Waals surface area contributed by atoms with Crippen molar-refractivity contribution in [2.45, 2.75) is 18.9 Å². The van der Waals surface area contributed by atoms with Crippen molar-refractivity contribution < 1.29 is 9.53 Å². The molecule has 0 aromatic rings. The maximum absolute atomic E-state index is 10.2. The van der Waals surface area contributed by atoms with Gasteiger partial charge in [-0.05, 0) is 26.4 Å². The second-order valence-corrected chi connectivity index (χ2v) is 2.91. The third-order valence-corrected chi connectivity index (χ3v) is 2.09. The monoisotopic (exact) mass is 158 g/mol. The zero-order chi connectivity index (χ0) is 8.27. The minimum Gasteiger partial charge on any atom is -0.448 e. The molecule has 1 amide bonds. The fourth-order valence-electron chi connectivity index (χ4n) is 1.37. The van der Waals surface area contributed by atoms with E-state index < -0.39 is 6.09 Å². The molecule has 1 rings (SSSR count). The van der Waals surface area contributed by atoms with Gasteiger partial charge in [-0.25, -0.2) is 4.79 Å². The standard InChI is InChI=1S/C7H14N2O2/c1-9-4-2-3-6(9)5-11-7(8)10/h6H,2-5H2,1H3,(H2,8,10)/t6-/m0/s1. The Kier molecular flexibility index (Phi) is 2.70. The molecule has 0 radical (unpaired) electrons. The topological polar surface area (TPSA) is 55.6 Å². The molecule has 64 valence electrons. The van der Waals surface area contributed by atoms with Gasteiger partial charge in [0.15, 0.2) is 0 Å². The van der Waals surface area contributed by atoms with Crippen LogP contribution in [0, 0.1) is 0 Å². The predicted octanol–water partition coefficient (Wildman–Crippen LogP) is 0.176. The van der Waals surface area contributed by atoms with E-state index in [0.29, 0.717) is 12.6 Å². The van der Waals surface area contributed by atoms with Crippen LogP contribution in [-0.2, 0) is 4.74 Å². The van der Waals surface area contributed by atoms with Crippen LogP contribution < -0.4 is 5.73 Å². The maximum atomic E-state index is 10.2. The molecule has 2 N–H and O–H groups in total. The summed E-state index contributed by atoms with van der Waals surface area (Å²) in [4.78, 5) is 12.4. The smallest absolute Gasteiger partial charge is 0.404 e. The molecule has 0 spiro atoms. The Labute approximate surface area is 66.3 Å². The molecule has 0 bridgehead atoms. The van der Waals surface area contributed by atoms with Crippen molar-refractivity contribution in [1.82, 2.24) is 4.90 Å². The number of hydrogen-bond donors (Lipinski definition) is 1. The molecule has 1 atom stereocenters. The van der Waals surface area contributed by atoms with Crippen LogP contribution >= 0.6 is 0 Å². The van der Waals surface area contributed by atoms with Crippen LogP contribution in [-0.4, -0.2) is 37.2 Å². The molecule has 1 fully saturated rings. The zero-order valence-corrected chi connectivity index (χ0v) is 6.75. The first-order chi connectivity index (χ1) is 5.20. The summed E-state index contributed by atoms with van der Waals surface area (Å²) in [5.74, 6) is 0. The van der Waals surface area contributed by atoms with E-state index in [4.69, 9.17) is 10.5 Å². The van der Waals surface area contributed by atoms with Crippen molar-refractivity contribution in [1.29, 1.82) is 0 Å². The number of amides is 1. The quantitative estimate of drug-likeness (QED) is 0.623. The molecule has 0 aliphatic carbocycles. The maximum Gasteiger partial charge on any atom is 0.404 e. The summed E-state index contributed by atoms with van der Waals surface area (Å²) in [5, 5.41) is 0. The summed E-state index contributed by atoms with van der Waals surface area (Å²) in [7, 11) is 2.03. The third kappa shape index (κ3) is 2.38. The molecule has 0 saturated carbocycles. The van der Waals surface area contributed by atoms with E-state index >= 15 is 0 Å². The Bertz CT molecular complexity index is 149. The fourth-order valence-corrected chi connectivity index (χ4v) is 1.37. The molecule has 0 unspecified atom stereocenters. The van der Waals surface area contributed by atoms with E-state index in [0.717, 1.165) is 13.0 Å². The van der Waals surface area contributed by atoms with Crippen molar-refractivity contribution in [3.8, 4) is 0 Å². The predicted molar refractivity (Wildman–Crippen MR) is 41.2 cm³/mol. The molecule has 1 aliphatic rings. The highest BCUT2D eigenvalue weighted by Gasteiger charge is 2.21. The average molecular weight is 158 g/mol. The lowest BCUT2D eigenvalue weighted by Gasteiger charge is -2.17. The highest BCUT2D eigenvalue weighted by Crippen LogP contribution is 2.14. The summed E-state index contributed by atoms with van der Waals surface area (Å²) in [6, 6.07) is 0.377. The summed E-state index contributed by atoms with van der Waals surface area (Å²) in [5.41, 5.74) is 4.84. The van der Waals surface area contributed by atoms with Crippen LogP contribution in [0.4, 0.5) is 4.79 Å². The fraction of sp³-hybridized carbons (Fsp3) is 0.857. The van der Waals surface area contributed by atoms with Gasteiger partial charge in [-0.3, -0.25) is 0 Å². The van der Waals surface area contributed by atoms with Crippen LogP contribution in [0.1, 0.15) is 12.8 Å². The van der Waals surface area contributed by atoms with Gasteiger partial charge >= 0.3 is 6.09 Å². The van der Waals surface area contributed by atoms with E-state index in [-0.39, 0.29) is 0 Å². The van der Waals surface area contributed by atoms with Crippen molar-refractivity contribution in [2.75, 3.05) is 20.2 Å². The molecule has 1 aliphatic heterocycles. The number of rotatable bonds is 2. The van der Waals surface area contributed by atoms with E-state index in [1.165, 1.54) is 6.42 Å². The molecule has 0 aromatic carbocycles. The summed E-state index contributed by atoms with van der Waals surface area (Å²) in [6.07, 6.45) is 1.61. The SMILES string of the molecule is CN1CCC[C@H]1COC(N)=O. The molecule has 0 aromatic heterocycles. The summed E-state index contributed by atoms with van der Waals surface area (Å²) in [6.45, 7) is 1.53. The Morgan fingerprint density at radius 2 is 2.55 bits per heavy atom. The highest BCUT2D eigenvalue weighted by molar-refractivity contribution is 5.64. The molecule has 1 heterocycles. The van der Waals surface area contributed by atoms with Crippen molar-refractivity contribution in [3.05, 3.63) is 0 Å². The van der Waals surface area contributed by atoms with Crippen molar-refractivity contribution in [2.24, 2.45) is 5.73 Å². The minimum atomic E-state index is -0.676. The summed E-state index contributed by atoms with van der Waals surface area (Å²) >= 11 is 0. The molecule has 11 heavy (non-hydrogen) atoms. The Morgan fingerprint density at radius 1 is 1.82 bits per heavy atom. The highest BCUT2D eigenvalue weighted by atomic mass is 16.5. The van der Waals surface area contributed by atoms with Crippen LogP contribution in [0.3, 0.4) is 0 Å². The minimum absolute atomic E-state index is 0.377. The van der Waals surface area contributed by atoms with E-state index in [1.54, 1.807) is 0 Å². The average Bonchev–Trinajstić information content (AvgIpc) is 2.31. The molecular formula is C7H14N2O2. The normalized spacial score (nSPS) is 25.4. The number of ether oxygens (including phenoxy) is 1. The van der Waals surface area contributed by atoms with Gasteiger partial charge in [0.1, 0.15) is 6.61 Å². The lowest BCUT2D eigenvalue weighted by atomic mass is 10.2. The number of hydrogen-bond acceptors (Lipinski definition) is 3. The Balaban J connectivity index is 2.20. The number of likely N-dealkylation sites (tertiary alicyclic amines) is 1. The van der Waals surface area contributed by atoms with Gasteiger partial charge in [-0.15, -0.1) is 0 Å². The van der Waals surface area contributed by atoms with E-state index in [1.807, 2.05) is 7.05 Å². The second-order valence-electron chi connectivity index (χ2n) is 2.91. The summed E-state index contributed by atoms with van der Waals surface area (Å²) < 4.78 is 4.69. The van der Waals surface area contributed by atoms with Gasteiger partial charge in [-0.2, -0.15) is 0 Å². The van der Waals surface area contributed by atoms with Crippen molar-refractivity contribution >= 4 is 6.09 Å². The van der Waals surface area contributed by atoms with Gasteiger partial charge in [0.2, 0.25) is 0 Å². The second kappa shape index (κ2) is 3.57. The van der Waals surface area contributed by atoms with Gasteiger partial charge < -0.3 is 15.4 Å². The first-order valence-corrected chi connectivity index (χ1v) is 3.82. The first kappa shape index (κ1) is 8.33. The van der Waals surface area contributed by atoms with Gasteiger partial charge in [0, 0.05) is 6.04 Å². The molecular weight excluding hydrogens is 144 g/mol.